The molecule has 6 N–H and O–H groups in total. The Morgan fingerprint density at radius 1 is 1.12 bits per heavy atom. The van der Waals surface area contributed by atoms with E-state index in [4.69, 9.17) is 4.74 Å². The number of carbonyl (C=O) groups is 1. The molecule has 1 amide bonds. The Bertz CT molecular complexity index is 1390. The lowest BCUT2D eigenvalue weighted by molar-refractivity contribution is 0.0810. The van der Waals surface area contributed by atoms with E-state index in [0.29, 0.717) is 25.1 Å². The van der Waals surface area contributed by atoms with E-state index in [1.807, 2.05) is 75.4 Å². The highest BCUT2D eigenvalue weighted by Gasteiger charge is 2.34. The normalized spacial score (nSPS) is 16.8. The number of aliphatic hydroxyl groups excluding tert-OH is 1. The molecular weight excluding hydrogens is 571 g/mol. The fraction of sp³-hybridized carbons (Fsp3) is 0.406. The summed E-state index contributed by atoms with van der Waals surface area (Å²) >= 11 is 0. The summed E-state index contributed by atoms with van der Waals surface area (Å²) in [5, 5.41) is 20.8. The van der Waals surface area contributed by atoms with Gasteiger partial charge in [-0.25, -0.2) is 4.39 Å². The molecule has 0 aromatic heterocycles. The maximum atomic E-state index is 15.9. The number of amides is 1. The Balaban J connectivity index is 1.59. The Labute approximate surface area is 254 Å². The van der Waals surface area contributed by atoms with Gasteiger partial charge < -0.3 is 25.8 Å². The predicted octanol–water partition coefficient (Wildman–Crippen LogP) is 5.37. The minimum Gasteiger partial charge on any atom is -0.497 e. The van der Waals surface area contributed by atoms with Gasteiger partial charge in [-0.3, -0.25) is 18.2 Å². The maximum absolute atomic E-state index is 15.9. The molecule has 1 aliphatic rings. The van der Waals surface area contributed by atoms with E-state index in [0.717, 1.165) is 16.9 Å². The molecule has 4 rings (SSSR count). The zero-order chi connectivity index (χ0) is 31.2. The summed E-state index contributed by atoms with van der Waals surface area (Å²) in [6.07, 6.45) is -0.221. The van der Waals surface area contributed by atoms with Crippen molar-refractivity contribution in [2.45, 2.75) is 51.3 Å². The predicted molar refractivity (Wildman–Crippen MR) is 172 cm³/mol. The molecule has 43 heavy (non-hydrogen) atoms. The Kier molecular flexibility index (Phi) is 10.6. The quantitative estimate of drug-likeness (QED) is 0.152. The fourth-order valence-electron chi connectivity index (χ4n) is 5.21. The third-order valence-corrected chi connectivity index (χ3v) is 9.63. The monoisotopic (exact) mass is 614 g/mol. The summed E-state index contributed by atoms with van der Waals surface area (Å²) in [5.41, 5.74) is 1.52. The average Bonchev–Trinajstić information content (AvgIpc) is 3.35. The lowest BCUT2D eigenvalue weighted by Gasteiger charge is -2.38. The van der Waals surface area contributed by atoms with Crippen molar-refractivity contribution in [1.29, 1.82) is 0 Å². The fourth-order valence-corrected chi connectivity index (χ4v) is 6.82. The molecule has 234 valence electrons. The first-order valence-corrected chi connectivity index (χ1v) is 16.2. The second-order valence-corrected chi connectivity index (χ2v) is 13.4. The number of nitrogens with zero attached hydrogens (tertiary/aromatic N) is 1. The zero-order valence-electron chi connectivity index (χ0n) is 25.1. The molecule has 3 aromatic rings. The van der Waals surface area contributed by atoms with Crippen LogP contribution >= 0.6 is 10.8 Å². The molecule has 0 radical (unpaired) electrons. The van der Waals surface area contributed by atoms with E-state index in [-0.39, 0.29) is 30.1 Å². The number of hydrogen-bond donors (Lipinski definition) is 6. The van der Waals surface area contributed by atoms with E-state index in [2.05, 4.69) is 16.0 Å². The van der Waals surface area contributed by atoms with Gasteiger partial charge >= 0.3 is 0 Å². The molecule has 11 heteroatoms. The van der Waals surface area contributed by atoms with Gasteiger partial charge in [-0.1, -0.05) is 42.5 Å². The van der Waals surface area contributed by atoms with Crippen molar-refractivity contribution in [3.8, 4) is 5.75 Å². The first-order chi connectivity index (χ1) is 20.4. The molecule has 9 nitrogen and oxygen atoms in total. The number of nitrogens with one attached hydrogen (secondary N) is 3. The number of ether oxygens (including phenoxy) is 1. The average molecular weight is 615 g/mol. The maximum Gasteiger partial charge on any atom is 0.254 e. The number of anilines is 2. The number of methoxy groups -OCH3 is 1. The van der Waals surface area contributed by atoms with Crippen LogP contribution in [0.25, 0.3) is 0 Å². The highest BCUT2D eigenvalue weighted by Crippen LogP contribution is 2.52. The van der Waals surface area contributed by atoms with Crippen molar-refractivity contribution in [1.82, 2.24) is 10.6 Å². The van der Waals surface area contributed by atoms with E-state index in [9.17, 15) is 19.0 Å². The summed E-state index contributed by atoms with van der Waals surface area (Å²) in [5.74, 6) is -0.685. The first kappa shape index (κ1) is 32.6. The summed E-state index contributed by atoms with van der Waals surface area (Å²) < 4.78 is 43.6. The molecule has 3 aromatic carbocycles. The van der Waals surface area contributed by atoms with Crippen LogP contribution in [-0.4, -0.2) is 64.8 Å². The highest BCUT2D eigenvalue weighted by atomic mass is 32.3. The van der Waals surface area contributed by atoms with Gasteiger partial charge in [0, 0.05) is 30.9 Å². The Morgan fingerprint density at radius 3 is 2.51 bits per heavy atom. The summed E-state index contributed by atoms with van der Waals surface area (Å²) in [6, 6.07) is 19.3. The lowest BCUT2D eigenvalue weighted by Crippen LogP contribution is -2.51. The van der Waals surface area contributed by atoms with Crippen molar-refractivity contribution in [3.05, 3.63) is 89.2 Å². The van der Waals surface area contributed by atoms with Crippen LogP contribution in [0.1, 0.15) is 48.7 Å². The molecular formula is C32H43FN4O5S. The topological polar surface area (TPSA) is 126 Å². The van der Waals surface area contributed by atoms with Gasteiger partial charge in [0.2, 0.25) is 0 Å². The van der Waals surface area contributed by atoms with Crippen LogP contribution in [0.15, 0.2) is 66.7 Å². The lowest BCUT2D eigenvalue weighted by atomic mass is 9.93. The van der Waals surface area contributed by atoms with Gasteiger partial charge in [-0.15, -0.1) is 10.8 Å². The molecule has 1 heterocycles. The van der Waals surface area contributed by atoms with E-state index in [1.165, 1.54) is 16.4 Å². The van der Waals surface area contributed by atoms with Crippen LogP contribution in [0, 0.1) is 5.82 Å². The van der Waals surface area contributed by atoms with Crippen LogP contribution in [0.5, 0.6) is 5.75 Å². The van der Waals surface area contributed by atoms with E-state index in [1.54, 1.807) is 7.11 Å². The van der Waals surface area contributed by atoms with Crippen LogP contribution in [0.2, 0.25) is 0 Å². The van der Waals surface area contributed by atoms with Gasteiger partial charge in [0.25, 0.3) is 5.91 Å². The number of carbonyl (C=O) groups excluding carboxylic acids is 1. The molecule has 0 saturated carbocycles. The van der Waals surface area contributed by atoms with Crippen LogP contribution < -0.4 is 25.0 Å². The highest BCUT2D eigenvalue weighted by molar-refractivity contribution is 8.25. The van der Waals surface area contributed by atoms with Crippen molar-refractivity contribution in [3.63, 3.8) is 0 Å². The van der Waals surface area contributed by atoms with Crippen LogP contribution in [0.3, 0.4) is 0 Å². The van der Waals surface area contributed by atoms with Gasteiger partial charge in [0.15, 0.2) is 5.82 Å². The number of hydrogen-bond acceptors (Lipinski definition) is 8. The van der Waals surface area contributed by atoms with Gasteiger partial charge in [-0.2, -0.15) is 0 Å². The SMILES string of the molecule is CCNc1cc(C(=O)N[C@@H](Cc2ccccc2)[C@@H](O)CNC(C)(C)c2cccc(OC)c2)c(F)c(N2CCCS2(O)O)c1. The molecule has 1 fully saturated rings. The summed E-state index contributed by atoms with van der Waals surface area (Å²) in [7, 11) is -1.58. The molecule has 0 aliphatic carbocycles. The van der Waals surface area contributed by atoms with Crippen molar-refractivity contribution in [2.75, 3.05) is 42.1 Å². The second-order valence-electron chi connectivity index (χ2n) is 11.3. The molecule has 0 unspecified atom stereocenters. The van der Waals surface area contributed by atoms with Crippen molar-refractivity contribution in [2.24, 2.45) is 0 Å². The smallest absolute Gasteiger partial charge is 0.254 e. The summed E-state index contributed by atoms with van der Waals surface area (Å²) in [6.45, 7) is 6.78. The van der Waals surface area contributed by atoms with E-state index < -0.39 is 40.2 Å². The zero-order valence-corrected chi connectivity index (χ0v) is 26.0. The third-order valence-electron chi connectivity index (χ3n) is 7.70. The second kappa shape index (κ2) is 14.0. The van der Waals surface area contributed by atoms with Gasteiger partial charge in [0.1, 0.15) is 5.75 Å². The first-order valence-electron chi connectivity index (χ1n) is 14.5. The van der Waals surface area contributed by atoms with Gasteiger partial charge in [0.05, 0.1) is 36.3 Å². The van der Waals surface area contributed by atoms with E-state index >= 15 is 4.39 Å². The summed E-state index contributed by atoms with van der Waals surface area (Å²) in [4.78, 5) is 13.7. The molecule has 2 atom stereocenters. The Hall–Kier alpha value is -3.35. The van der Waals surface area contributed by atoms with Gasteiger partial charge in [-0.05, 0) is 69.0 Å². The minimum atomic E-state index is -3.19. The third kappa shape index (κ3) is 7.98. The van der Waals surface area contributed by atoms with Crippen molar-refractivity contribution < 1.29 is 28.1 Å². The van der Waals surface area contributed by atoms with Crippen molar-refractivity contribution >= 4 is 28.1 Å². The standard InChI is InChI=1S/C32H43FN4O5S/c1-5-34-24-19-26(30(33)28(20-24)37-15-10-16-43(37,40)41)31(39)36-27(17-22-11-7-6-8-12-22)29(38)21-35-32(2,3)23-13-9-14-25(18-23)42-4/h6-9,11-14,18-20,27,29,34-35,38,40-41H,5,10,15-17,21H2,1-4H3,(H,36,39)/t27-,29-/m0/s1. The number of rotatable bonds is 13. The molecule has 1 saturated heterocycles. The largest absolute Gasteiger partial charge is 0.497 e. The molecule has 0 bridgehead atoms. The van der Waals surface area contributed by atoms with Crippen LogP contribution in [0.4, 0.5) is 15.8 Å². The van der Waals surface area contributed by atoms with Crippen LogP contribution in [-0.2, 0) is 12.0 Å². The number of halogens is 1. The molecule has 0 spiro atoms. The Morgan fingerprint density at radius 2 is 1.86 bits per heavy atom. The number of aliphatic hydroxyl groups is 1. The minimum absolute atomic E-state index is 0.0389. The molecule has 1 aliphatic heterocycles. The number of benzene rings is 3.